The molecule has 0 spiro atoms. The summed E-state index contributed by atoms with van der Waals surface area (Å²) < 4.78 is 0. The molecule has 1 amide bonds. The lowest BCUT2D eigenvalue weighted by atomic mass is 9.87. The molecule has 30 heavy (non-hydrogen) atoms. The zero-order valence-electron chi connectivity index (χ0n) is 17.4. The number of para-hydroxylation sites is 1. The number of nitrogens with one attached hydrogen (secondary N) is 1. The highest BCUT2D eigenvalue weighted by Gasteiger charge is 2.35. The second-order valence-corrected chi connectivity index (χ2v) is 8.74. The Hall–Kier alpha value is -3.01. The van der Waals surface area contributed by atoms with Crippen LogP contribution in [0.4, 0.5) is 5.69 Å². The first-order valence-corrected chi connectivity index (χ1v) is 11.0. The average molecular weight is 400 g/mol. The predicted molar refractivity (Wildman–Crippen MR) is 122 cm³/mol. The summed E-state index contributed by atoms with van der Waals surface area (Å²) in [5.41, 5.74) is 7.05. The van der Waals surface area contributed by atoms with E-state index in [1.54, 1.807) is 0 Å². The maximum absolute atomic E-state index is 12.5. The number of amides is 1. The molecule has 4 heteroatoms. The van der Waals surface area contributed by atoms with Crippen molar-refractivity contribution in [2.24, 2.45) is 0 Å². The molecule has 0 aliphatic carbocycles. The smallest absolute Gasteiger partial charge is 0.246 e. The maximum atomic E-state index is 12.5. The van der Waals surface area contributed by atoms with Gasteiger partial charge in [-0.15, -0.1) is 0 Å². The lowest BCUT2D eigenvalue weighted by Gasteiger charge is -2.34. The molecular formula is C26H29N3O. The first-order chi connectivity index (χ1) is 14.6. The first kappa shape index (κ1) is 19.0. The molecule has 0 aromatic heterocycles. The first-order valence-electron chi connectivity index (χ1n) is 11.0. The van der Waals surface area contributed by atoms with Gasteiger partial charge in [0, 0.05) is 42.3 Å². The van der Waals surface area contributed by atoms with Crippen molar-refractivity contribution in [1.29, 1.82) is 0 Å². The van der Waals surface area contributed by atoms with Gasteiger partial charge in [-0.1, -0.05) is 49.6 Å². The van der Waals surface area contributed by atoms with E-state index in [-0.39, 0.29) is 11.9 Å². The van der Waals surface area contributed by atoms with Crippen LogP contribution < -0.4 is 10.2 Å². The number of benzene rings is 2. The standard InChI is InChI=1S/C26H29N3O/c1-18-8-11-25(26(30)27-18)29-17-22-16-21(9-10-24(22)19(29)2)20-12-14-28(15-13-20)23-6-4-3-5-7-23/h3-7,9-10,16,20,25H,1-2,8,11-15,17H2,(H,27,30). The van der Waals surface area contributed by atoms with E-state index < -0.39 is 0 Å². The normalized spacial score (nSPS) is 22.3. The van der Waals surface area contributed by atoms with Gasteiger partial charge in [-0.05, 0) is 54.9 Å². The van der Waals surface area contributed by atoms with Gasteiger partial charge in [0.2, 0.25) is 5.91 Å². The monoisotopic (exact) mass is 399 g/mol. The number of piperidine rings is 2. The Kier molecular flexibility index (Phi) is 4.86. The molecule has 154 valence electrons. The summed E-state index contributed by atoms with van der Waals surface area (Å²) in [6.07, 6.45) is 3.99. The Morgan fingerprint density at radius 1 is 0.967 bits per heavy atom. The summed E-state index contributed by atoms with van der Waals surface area (Å²) in [4.78, 5) is 17.2. The zero-order chi connectivity index (χ0) is 20.7. The molecule has 2 fully saturated rings. The third kappa shape index (κ3) is 3.41. The number of hydrogen-bond donors (Lipinski definition) is 1. The van der Waals surface area contributed by atoms with Crippen molar-refractivity contribution < 1.29 is 4.79 Å². The second-order valence-electron chi connectivity index (χ2n) is 8.74. The number of rotatable bonds is 3. The van der Waals surface area contributed by atoms with E-state index in [1.807, 2.05) is 0 Å². The van der Waals surface area contributed by atoms with Gasteiger partial charge in [-0.3, -0.25) is 4.79 Å². The van der Waals surface area contributed by atoms with Crippen LogP contribution in [0.15, 0.2) is 67.4 Å². The van der Waals surface area contributed by atoms with Crippen LogP contribution in [0, 0.1) is 0 Å². The van der Waals surface area contributed by atoms with Crippen molar-refractivity contribution in [2.45, 2.75) is 44.2 Å². The summed E-state index contributed by atoms with van der Waals surface area (Å²) in [6.45, 7) is 11.2. The highest BCUT2D eigenvalue weighted by atomic mass is 16.2. The third-order valence-corrected chi connectivity index (χ3v) is 6.91. The number of carbonyl (C=O) groups excluding carboxylic acids is 1. The van der Waals surface area contributed by atoms with Gasteiger partial charge in [-0.2, -0.15) is 0 Å². The fourth-order valence-electron chi connectivity index (χ4n) is 5.18. The van der Waals surface area contributed by atoms with Crippen LogP contribution >= 0.6 is 0 Å². The molecule has 3 heterocycles. The molecule has 0 radical (unpaired) electrons. The van der Waals surface area contributed by atoms with Gasteiger partial charge in [0.15, 0.2) is 0 Å². The SMILES string of the molecule is C=C1CCC(N2Cc3cc(C4CCN(c5ccccc5)CC4)ccc3C2=C)C(=O)N1. The van der Waals surface area contributed by atoms with E-state index >= 15 is 0 Å². The lowest BCUT2D eigenvalue weighted by molar-refractivity contribution is -0.125. The quantitative estimate of drug-likeness (QED) is 0.816. The minimum absolute atomic E-state index is 0.0497. The second kappa shape index (κ2) is 7.67. The fourth-order valence-corrected chi connectivity index (χ4v) is 5.18. The van der Waals surface area contributed by atoms with Gasteiger partial charge < -0.3 is 15.1 Å². The van der Waals surface area contributed by atoms with E-state index in [1.165, 1.54) is 35.2 Å². The van der Waals surface area contributed by atoms with Crippen molar-refractivity contribution in [3.63, 3.8) is 0 Å². The molecule has 3 aliphatic heterocycles. The van der Waals surface area contributed by atoms with E-state index in [9.17, 15) is 4.79 Å². The van der Waals surface area contributed by atoms with Crippen LogP contribution in [-0.2, 0) is 11.3 Å². The van der Waals surface area contributed by atoms with Crippen molar-refractivity contribution in [3.8, 4) is 0 Å². The summed E-state index contributed by atoms with van der Waals surface area (Å²) in [5.74, 6) is 0.646. The minimum Gasteiger partial charge on any atom is -0.371 e. The van der Waals surface area contributed by atoms with Crippen LogP contribution in [0.1, 0.15) is 48.3 Å². The molecule has 0 bridgehead atoms. The van der Waals surface area contributed by atoms with E-state index in [0.717, 1.165) is 43.9 Å². The van der Waals surface area contributed by atoms with Crippen molar-refractivity contribution in [3.05, 3.63) is 84.1 Å². The van der Waals surface area contributed by atoms with Crippen molar-refractivity contribution in [2.75, 3.05) is 18.0 Å². The zero-order valence-corrected chi connectivity index (χ0v) is 17.4. The van der Waals surface area contributed by atoms with Gasteiger partial charge >= 0.3 is 0 Å². The third-order valence-electron chi connectivity index (χ3n) is 6.91. The number of anilines is 1. The number of carbonyl (C=O) groups is 1. The maximum Gasteiger partial charge on any atom is 0.246 e. The number of fused-ring (bicyclic) bond motifs is 1. The molecule has 2 aromatic rings. The largest absolute Gasteiger partial charge is 0.371 e. The average Bonchev–Trinajstić information content (AvgIpc) is 3.10. The van der Waals surface area contributed by atoms with Gasteiger partial charge in [0.05, 0.1) is 0 Å². The van der Waals surface area contributed by atoms with E-state index in [4.69, 9.17) is 0 Å². The molecule has 2 aromatic carbocycles. The molecule has 0 saturated carbocycles. The van der Waals surface area contributed by atoms with E-state index in [2.05, 4.69) is 76.8 Å². The van der Waals surface area contributed by atoms with E-state index in [0.29, 0.717) is 5.92 Å². The molecule has 4 nitrogen and oxygen atoms in total. The lowest BCUT2D eigenvalue weighted by Crippen LogP contribution is -2.47. The molecule has 2 saturated heterocycles. The van der Waals surface area contributed by atoms with Crippen LogP contribution in [0.2, 0.25) is 0 Å². The predicted octanol–water partition coefficient (Wildman–Crippen LogP) is 4.65. The molecule has 1 N–H and O–H groups in total. The number of nitrogens with zero attached hydrogens (tertiary/aromatic N) is 2. The topological polar surface area (TPSA) is 35.6 Å². The Balaban J connectivity index is 1.28. The Bertz CT molecular complexity index is 989. The van der Waals surface area contributed by atoms with Crippen molar-refractivity contribution in [1.82, 2.24) is 10.2 Å². The van der Waals surface area contributed by atoms with Gasteiger partial charge in [0.1, 0.15) is 6.04 Å². The fraction of sp³-hybridized carbons (Fsp3) is 0.346. The molecule has 1 unspecified atom stereocenters. The highest BCUT2D eigenvalue weighted by Crippen LogP contribution is 2.38. The summed E-state index contributed by atoms with van der Waals surface area (Å²) in [5, 5.41) is 2.91. The summed E-state index contributed by atoms with van der Waals surface area (Å²) >= 11 is 0. The van der Waals surface area contributed by atoms with Crippen LogP contribution in [0.25, 0.3) is 5.70 Å². The van der Waals surface area contributed by atoms with Crippen LogP contribution in [0.5, 0.6) is 0 Å². The Morgan fingerprint density at radius 2 is 1.73 bits per heavy atom. The van der Waals surface area contributed by atoms with Crippen LogP contribution in [0.3, 0.4) is 0 Å². The molecular weight excluding hydrogens is 370 g/mol. The Labute approximate surface area is 178 Å². The minimum atomic E-state index is -0.145. The summed E-state index contributed by atoms with van der Waals surface area (Å²) in [7, 11) is 0. The molecule has 1 atom stereocenters. The molecule has 3 aliphatic rings. The molecule has 5 rings (SSSR count). The highest BCUT2D eigenvalue weighted by molar-refractivity contribution is 5.87. The van der Waals surface area contributed by atoms with Crippen molar-refractivity contribution >= 4 is 17.3 Å². The van der Waals surface area contributed by atoms with Crippen LogP contribution in [-0.4, -0.2) is 29.9 Å². The summed E-state index contributed by atoms with van der Waals surface area (Å²) in [6, 6.07) is 17.4. The Morgan fingerprint density at radius 3 is 2.47 bits per heavy atom. The van der Waals surface area contributed by atoms with Gasteiger partial charge in [-0.25, -0.2) is 0 Å². The number of hydrogen-bond acceptors (Lipinski definition) is 3. The van der Waals surface area contributed by atoms with Gasteiger partial charge in [0.25, 0.3) is 0 Å². The number of allylic oxidation sites excluding steroid dienone is 1.